The topological polar surface area (TPSA) is 34.0 Å². The average molecular weight is 296 g/mol. The van der Waals surface area contributed by atoms with Crippen LogP contribution in [0.3, 0.4) is 0 Å². The van der Waals surface area contributed by atoms with E-state index in [9.17, 15) is 9.18 Å². The van der Waals surface area contributed by atoms with E-state index in [1.165, 1.54) is 6.07 Å². The van der Waals surface area contributed by atoms with E-state index in [2.05, 4.69) is 9.88 Å². The van der Waals surface area contributed by atoms with Gasteiger partial charge in [-0.05, 0) is 30.7 Å². The zero-order valence-corrected chi connectivity index (χ0v) is 12.6. The van der Waals surface area contributed by atoms with Crippen LogP contribution in [0.15, 0.2) is 48.5 Å². The van der Waals surface area contributed by atoms with Gasteiger partial charge in [0.2, 0.25) is 5.91 Å². The Bertz CT molecular complexity index is 851. The number of aryl methyl sites for hydroxylation is 1. The van der Waals surface area contributed by atoms with Crippen molar-refractivity contribution < 1.29 is 9.18 Å². The number of amides is 1. The second kappa shape index (κ2) is 5.64. The third-order valence-electron chi connectivity index (χ3n) is 4.02. The largest absolute Gasteiger partial charge is 0.348 e. The molecule has 3 rings (SSSR count). The number of carbonyl (C=O) groups is 1. The van der Waals surface area contributed by atoms with Crippen molar-refractivity contribution in [3.63, 3.8) is 0 Å². The SMILES string of the molecule is Cc1c(CC(=O)Nc2ccccc2F)c2ccccc2n1C. The molecule has 1 N–H and O–H groups in total. The number of nitrogens with one attached hydrogen (secondary N) is 1. The number of aromatic nitrogens is 1. The van der Waals surface area contributed by atoms with E-state index in [-0.39, 0.29) is 18.0 Å². The Kier molecular flexibility index (Phi) is 3.67. The first-order chi connectivity index (χ1) is 10.6. The molecule has 0 atom stereocenters. The summed E-state index contributed by atoms with van der Waals surface area (Å²) in [6.07, 6.45) is 0.224. The summed E-state index contributed by atoms with van der Waals surface area (Å²) >= 11 is 0. The van der Waals surface area contributed by atoms with Gasteiger partial charge >= 0.3 is 0 Å². The molecule has 1 amide bonds. The second-order valence-electron chi connectivity index (χ2n) is 5.34. The molecule has 0 fully saturated rings. The van der Waals surface area contributed by atoms with Crippen molar-refractivity contribution in [3.05, 3.63) is 65.6 Å². The fraction of sp³-hybridized carbons (Fsp3) is 0.167. The molecule has 4 heteroatoms. The molecule has 0 aliphatic carbocycles. The molecule has 2 aromatic carbocycles. The van der Waals surface area contributed by atoms with E-state index < -0.39 is 5.82 Å². The maximum absolute atomic E-state index is 13.6. The van der Waals surface area contributed by atoms with Crippen molar-refractivity contribution in [2.45, 2.75) is 13.3 Å². The van der Waals surface area contributed by atoms with Gasteiger partial charge in [0.05, 0.1) is 12.1 Å². The van der Waals surface area contributed by atoms with Crippen LogP contribution >= 0.6 is 0 Å². The molecule has 0 radical (unpaired) electrons. The van der Waals surface area contributed by atoms with Gasteiger partial charge in [-0.15, -0.1) is 0 Å². The summed E-state index contributed by atoms with van der Waals surface area (Å²) < 4.78 is 15.7. The molecular weight excluding hydrogens is 279 g/mol. The molecule has 3 aromatic rings. The molecule has 0 bridgehead atoms. The number of carbonyl (C=O) groups excluding carboxylic acids is 1. The summed E-state index contributed by atoms with van der Waals surface area (Å²) in [6, 6.07) is 14.2. The van der Waals surface area contributed by atoms with Gasteiger partial charge < -0.3 is 9.88 Å². The normalized spacial score (nSPS) is 10.9. The van der Waals surface area contributed by atoms with Crippen LogP contribution in [0.25, 0.3) is 10.9 Å². The van der Waals surface area contributed by atoms with E-state index in [1.807, 2.05) is 38.2 Å². The molecular formula is C18H17FN2O. The lowest BCUT2D eigenvalue weighted by atomic mass is 10.1. The highest BCUT2D eigenvalue weighted by Gasteiger charge is 2.15. The number of hydrogen-bond acceptors (Lipinski definition) is 1. The first-order valence-corrected chi connectivity index (χ1v) is 7.15. The van der Waals surface area contributed by atoms with Gasteiger partial charge in [-0.25, -0.2) is 4.39 Å². The van der Waals surface area contributed by atoms with Crippen molar-refractivity contribution in [1.82, 2.24) is 4.57 Å². The number of hydrogen-bond donors (Lipinski definition) is 1. The van der Waals surface area contributed by atoms with Gasteiger partial charge in [-0.3, -0.25) is 4.79 Å². The van der Waals surface area contributed by atoms with Gasteiger partial charge in [-0.1, -0.05) is 30.3 Å². The molecule has 0 aliphatic rings. The lowest BCUT2D eigenvalue weighted by molar-refractivity contribution is -0.115. The molecule has 22 heavy (non-hydrogen) atoms. The summed E-state index contributed by atoms with van der Waals surface area (Å²) in [5.74, 6) is -0.643. The van der Waals surface area contributed by atoms with Crippen LogP contribution in [0.5, 0.6) is 0 Å². The van der Waals surface area contributed by atoms with Gasteiger partial charge in [-0.2, -0.15) is 0 Å². The molecule has 0 unspecified atom stereocenters. The van der Waals surface area contributed by atoms with Gasteiger partial charge in [0.1, 0.15) is 5.82 Å². The van der Waals surface area contributed by atoms with Crippen molar-refractivity contribution in [3.8, 4) is 0 Å². The van der Waals surface area contributed by atoms with E-state index in [0.29, 0.717) is 0 Å². The van der Waals surface area contributed by atoms with Crippen molar-refractivity contribution in [2.24, 2.45) is 7.05 Å². The number of nitrogens with zero attached hydrogens (tertiary/aromatic N) is 1. The van der Waals surface area contributed by atoms with Crippen LogP contribution in [0, 0.1) is 12.7 Å². The van der Waals surface area contributed by atoms with Crippen molar-refractivity contribution in [2.75, 3.05) is 5.32 Å². The highest BCUT2D eigenvalue weighted by molar-refractivity contribution is 5.96. The van der Waals surface area contributed by atoms with E-state index in [4.69, 9.17) is 0 Å². The van der Waals surface area contributed by atoms with Crippen molar-refractivity contribution >= 4 is 22.5 Å². The lowest BCUT2D eigenvalue weighted by Gasteiger charge is -2.07. The Morgan fingerprint density at radius 2 is 1.82 bits per heavy atom. The third kappa shape index (κ3) is 2.48. The predicted molar refractivity (Wildman–Crippen MR) is 86.4 cm³/mol. The first kappa shape index (κ1) is 14.3. The molecule has 0 saturated heterocycles. The minimum Gasteiger partial charge on any atom is -0.348 e. The summed E-state index contributed by atoms with van der Waals surface area (Å²) in [5, 5.41) is 3.70. The van der Waals surface area contributed by atoms with E-state index in [0.717, 1.165) is 22.2 Å². The zero-order valence-electron chi connectivity index (χ0n) is 12.6. The summed E-state index contributed by atoms with van der Waals surface area (Å²) in [4.78, 5) is 12.3. The monoisotopic (exact) mass is 296 g/mol. The first-order valence-electron chi connectivity index (χ1n) is 7.15. The average Bonchev–Trinajstić information content (AvgIpc) is 2.75. The molecule has 3 nitrogen and oxygen atoms in total. The van der Waals surface area contributed by atoms with E-state index >= 15 is 0 Å². The molecule has 0 saturated carbocycles. The van der Waals surface area contributed by atoms with Crippen LogP contribution in [0.1, 0.15) is 11.3 Å². The quantitative estimate of drug-likeness (QED) is 0.783. The predicted octanol–water partition coefficient (Wildman–Crippen LogP) is 3.81. The summed E-state index contributed by atoms with van der Waals surface area (Å²) in [5.41, 5.74) is 3.33. The van der Waals surface area contributed by atoms with Crippen LogP contribution in [0.2, 0.25) is 0 Å². The van der Waals surface area contributed by atoms with Crippen LogP contribution in [-0.4, -0.2) is 10.5 Å². The Hall–Kier alpha value is -2.62. The molecule has 112 valence electrons. The highest BCUT2D eigenvalue weighted by Crippen LogP contribution is 2.25. The number of fused-ring (bicyclic) bond motifs is 1. The maximum Gasteiger partial charge on any atom is 0.228 e. The minimum absolute atomic E-state index is 0.213. The standard InChI is InChI=1S/C18H17FN2O/c1-12-14(13-7-3-6-10-17(13)21(12)2)11-18(22)20-16-9-5-4-8-15(16)19/h3-10H,11H2,1-2H3,(H,20,22). The van der Waals surface area contributed by atoms with Gasteiger partial charge in [0.15, 0.2) is 0 Å². The maximum atomic E-state index is 13.6. The molecule has 1 aromatic heterocycles. The lowest BCUT2D eigenvalue weighted by Crippen LogP contribution is -2.15. The number of halogens is 1. The summed E-state index contributed by atoms with van der Waals surface area (Å²) in [6.45, 7) is 1.99. The van der Waals surface area contributed by atoms with Crippen LogP contribution in [0.4, 0.5) is 10.1 Å². The smallest absolute Gasteiger partial charge is 0.228 e. The second-order valence-corrected chi connectivity index (χ2v) is 5.34. The number of benzene rings is 2. The van der Waals surface area contributed by atoms with E-state index in [1.54, 1.807) is 18.2 Å². The Morgan fingerprint density at radius 3 is 2.59 bits per heavy atom. The number of para-hydroxylation sites is 2. The minimum atomic E-state index is -0.425. The van der Waals surface area contributed by atoms with Crippen LogP contribution in [-0.2, 0) is 18.3 Å². The molecule has 1 heterocycles. The third-order valence-corrected chi connectivity index (χ3v) is 4.02. The molecule has 0 spiro atoms. The molecule has 0 aliphatic heterocycles. The fourth-order valence-electron chi connectivity index (χ4n) is 2.74. The highest BCUT2D eigenvalue weighted by atomic mass is 19.1. The number of anilines is 1. The van der Waals surface area contributed by atoms with Gasteiger partial charge in [0, 0.05) is 23.6 Å². The fourth-order valence-corrected chi connectivity index (χ4v) is 2.74. The Balaban J connectivity index is 1.89. The zero-order chi connectivity index (χ0) is 15.7. The van der Waals surface area contributed by atoms with Crippen LogP contribution < -0.4 is 5.32 Å². The summed E-state index contributed by atoms with van der Waals surface area (Å²) in [7, 11) is 1.98. The Morgan fingerprint density at radius 1 is 1.14 bits per heavy atom. The van der Waals surface area contributed by atoms with Gasteiger partial charge in [0.25, 0.3) is 0 Å². The van der Waals surface area contributed by atoms with Crippen molar-refractivity contribution in [1.29, 1.82) is 0 Å². The number of rotatable bonds is 3. The Labute approximate surface area is 128 Å².